The van der Waals surface area contributed by atoms with Crippen molar-refractivity contribution in [2.24, 2.45) is 0 Å². The highest BCUT2D eigenvalue weighted by molar-refractivity contribution is 5.77. The number of fused-ring (bicyclic) bond motifs is 1. The highest BCUT2D eigenvalue weighted by atomic mass is 19.1. The number of anilines is 2. The Kier molecular flexibility index (Phi) is 10.5. The molecule has 11 nitrogen and oxygen atoms in total. The Morgan fingerprint density at radius 2 is 2.10 bits per heavy atom. The van der Waals surface area contributed by atoms with E-state index in [4.69, 9.17) is 9.72 Å². The summed E-state index contributed by atoms with van der Waals surface area (Å²) in [6, 6.07) is 6.48. The molecule has 0 aliphatic carbocycles. The van der Waals surface area contributed by atoms with Crippen molar-refractivity contribution in [3.05, 3.63) is 65.8 Å². The molecule has 0 bridgehead atoms. The first-order valence-corrected chi connectivity index (χ1v) is 13.4. The van der Waals surface area contributed by atoms with Crippen LogP contribution < -0.4 is 15.4 Å². The van der Waals surface area contributed by atoms with Gasteiger partial charge in [0, 0.05) is 43.8 Å². The van der Waals surface area contributed by atoms with Gasteiger partial charge in [0.1, 0.15) is 36.1 Å². The molecule has 0 amide bonds. The molecule has 40 heavy (non-hydrogen) atoms. The van der Waals surface area contributed by atoms with Crippen LogP contribution in [0.2, 0.25) is 0 Å². The molecule has 0 radical (unpaired) electrons. The third-order valence-electron chi connectivity index (χ3n) is 6.61. The minimum atomic E-state index is -1.05. The number of pyridine rings is 2. The van der Waals surface area contributed by atoms with Gasteiger partial charge in [0.2, 0.25) is 0 Å². The standard InChI is InChI=1S/C28H33FN8O3/c29-21-16-23(19-31-18-21)40-15-14-37(12-2-1-5-22-7-6-20-4-3-9-33-26(20)35-22)13-8-24(28(38)39)36-27-25(17-30)32-10-11-34-27/h6-7,10-11,16,18-19,24H,1-5,8-9,12-15H2,(H,33,35)(H,34,36)(H,38,39)/t24-/m0/s1. The first kappa shape index (κ1) is 28.6. The number of unbranched alkanes of at least 4 members (excludes halogenated alkanes) is 1. The molecule has 0 aromatic carbocycles. The van der Waals surface area contributed by atoms with Crippen LogP contribution in [-0.4, -0.2) is 74.7 Å². The van der Waals surface area contributed by atoms with Crippen LogP contribution in [0.1, 0.15) is 42.6 Å². The Hall–Kier alpha value is -4.37. The molecule has 0 spiro atoms. The molecular weight excluding hydrogens is 515 g/mol. The van der Waals surface area contributed by atoms with Crippen LogP contribution in [0, 0.1) is 17.1 Å². The maximum Gasteiger partial charge on any atom is 0.326 e. The lowest BCUT2D eigenvalue weighted by Crippen LogP contribution is -2.37. The molecule has 1 aliphatic heterocycles. The highest BCUT2D eigenvalue weighted by Gasteiger charge is 2.21. The van der Waals surface area contributed by atoms with E-state index in [-0.39, 0.29) is 24.5 Å². The van der Waals surface area contributed by atoms with E-state index >= 15 is 0 Å². The highest BCUT2D eigenvalue weighted by Crippen LogP contribution is 2.20. The van der Waals surface area contributed by atoms with Crippen LogP contribution in [-0.2, 0) is 17.6 Å². The van der Waals surface area contributed by atoms with Crippen LogP contribution in [0.3, 0.4) is 0 Å². The number of ether oxygens (including phenoxy) is 1. The van der Waals surface area contributed by atoms with E-state index in [9.17, 15) is 19.6 Å². The fourth-order valence-electron chi connectivity index (χ4n) is 4.51. The molecule has 3 aromatic heterocycles. The van der Waals surface area contributed by atoms with Crippen molar-refractivity contribution in [1.82, 2.24) is 24.8 Å². The van der Waals surface area contributed by atoms with E-state index in [1.165, 1.54) is 30.2 Å². The van der Waals surface area contributed by atoms with Gasteiger partial charge in [-0.1, -0.05) is 6.07 Å². The SMILES string of the molecule is N#Cc1nccnc1N[C@@H](CCN(CCCCc1ccc2c(n1)NCCC2)CCOc1cncc(F)c1)C(=O)O. The largest absolute Gasteiger partial charge is 0.491 e. The summed E-state index contributed by atoms with van der Waals surface area (Å²) in [6.07, 6.45) is 10.4. The van der Waals surface area contributed by atoms with Crippen molar-refractivity contribution in [3.8, 4) is 11.8 Å². The summed E-state index contributed by atoms with van der Waals surface area (Å²) in [7, 11) is 0. The first-order valence-electron chi connectivity index (χ1n) is 13.4. The second-order valence-corrected chi connectivity index (χ2v) is 9.52. The number of carbonyl (C=O) groups is 1. The number of carboxylic acids is 1. The Morgan fingerprint density at radius 3 is 2.92 bits per heavy atom. The van der Waals surface area contributed by atoms with Gasteiger partial charge < -0.3 is 20.5 Å². The molecule has 0 saturated carbocycles. The zero-order chi connectivity index (χ0) is 28.2. The smallest absolute Gasteiger partial charge is 0.326 e. The summed E-state index contributed by atoms with van der Waals surface area (Å²) in [4.78, 5) is 30.7. The number of hydrogen-bond acceptors (Lipinski definition) is 10. The van der Waals surface area contributed by atoms with Crippen LogP contribution in [0.4, 0.5) is 16.0 Å². The van der Waals surface area contributed by atoms with Gasteiger partial charge in [-0.3, -0.25) is 9.88 Å². The van der Waals surface area contributed by atoms with Crippen molar-refractivity contribution in [2.45, 2.75) is 44.6 Å². The van der Waals surface area contributed by atoms with Gasteiger partial charge in [0.25, 0.3) is 0 Å². The second-order valence-electron chi connectivity index (χ2n) is 9.52. The summed E-state index contributed by atoms with van der Waals surface area (Å²) in [6.45, 7) is 2.93. The van der Waals surface area contributed by atoms with Gasteiger partial charge in [-0.15, -0.1) is 0 Å². The minimum Gasteiger partial charge on any atom is -0.491 e. The Morgan fingerprint density at radius 1 is 1.23 bits per heavy atom. The number of aliphatic carboxylic acids is 1. The Balaban J connectivity index is 1.32. The Bertz CT molecular complexity index is 1320. The summed E-state index contributed by atoms with van der Waals surface area (Å²) in [5.41, 5.74) is 2.35. The van der Waals surface area contributed by atoms with E-state index < -0.39 is 17.8 Å². The zero-order valence-electron chi connectivity index (χ0n) is 22.2. The van der Waals surface area contributed by atoms with Crippen molar-refractivity contribution >= 4 is 17.6 Å². The van der Waals surface area contributed by atoms with Gasteiger partial charge in [-0.2, -0.15) is 5.26 Å². The normalized spacial score (nSPS) is 13.1. The van der Waals surface area contributed by atoms with E-state index in [0.29, 0.717) is 18.8 Å². The number of aromatic nitrogens is 4. The van der Waals surface area contributed by atoms with E-state index in [1.54, 1.807) is 0 Å². The maximum atomic E-state index is 13.5. The van der Waals surface area contributed by atoms with E-state index in [2.05, 4.69) is 42.6 Å². The van der Waals surface area contributed by atoms with E-state index in [1.807, 2.05) is 6.07 Å². The van der Waals surface area contributed by atoms with Crippen molar-refractivity contribution in [3.63, 3.8) is 0 Å². The summed E-state index contributed by atoms with van der Waals surface area (Å²) < 4.78 is 19.1. The average molecular weight is 549 g/mol. The third kappa shape index (κ3) is 8.57. The maximum absolute atomic E-state index is 13.5. The fraction of sp³-hybridized carbons (Fsp3) is 0.429. The van der Waals surface area contributed by atoms with Gasteiger partial charge in [0.15, 0.2) is 11.5 Å². The molecular formula is C28H33FN8O3. The lowest BCUT2D eigenvalue weighted by atomic mass is 10.1. The molecule has 0 saturated heterocycles. The van der Waals surface area contributed by atoms with Crippen LogP contribution >= 0.6 is 0 Å². The third-order valence-corrected chi connectivity index (χ3v) is 6.61. The van der Waals surface area contributed by atoms with Gasteiger partial charge in [0.05, 0.1) is 12.4 Å². The van der Waals surface area contributed by atoms with Crippen LogP contribution in [0.15, 0.2) is 43.0 Å². The predicted octanol–water partition coefficient (Wildman–Crippen LogP) is 3.29. The summed E-state index contributed by atoms with van der Waals surface area (Å²) in [5, 5.41) is 25.3. The van der Waals surface area contributed by atoms with Crippen LogP contribution in [0.5, 0.6) is 5.75 Å². The summed E-state index contributed by atoms with van der Waals surface area (Å²) in [5.74, 6) is -0.0638. The number of aryl methyl sites for hydroxylation is 2. The molecule has 3 aromatic rings. The monoisotopic (exact) mass is 548 g/mol. The van der Waals surface area contributed by atoms with E-state index in [0.717, 1.165) is 62.9 Å². The zero-order valence-corrected chi connectivity index (χ0v) is 22.2. The first-order chi connectivity index (χ1) is 19.5. The number of nitrogens with one attached hydrogen (secondary N) is 2. The minimum absolute atomic E-state index is 0.0358. The lowest BCUT2D eigenvalue weighted by molar-refractivity contribution is -0.138. The lowest BCUT2D eigenvalue weighted by Gasteiger charge is -2.24. The number of hydrogen-bond donors (Lipinski definition) is 3. The molecule has 1 aliphatic rings. The second kappa shape index (κ2) is 14.7. The van der Waals surface area contributed by atoms with Crippen molar-refractivity contribution < 1.29 is 19.0 Å². The topological polar surface area (TPSA) is 149 Å². The number of halogens is 1. The van der Waals surface area contributed by atoms with Crippen molar-refractivity contribution in [1.29, 1.82) is 5.26 Å². The van der Waals surface area contributed by atoms with Gasteiger partial charge >= 0.3 is 5.97 Å². The number of carboxylic acid groups (broad SMARTS) is 1. The molecule has 210 valence electrons. The number of nitriles is 1. The molecule has 4 rings (SSSR count). The average Bonchev–Trinajstić information content (AvgIpc) is 2.97. The molecule has 1 atom stereocenters. The number of rotatable bonds is 15. The molecule has 12 heteroatoms. The van der Waals surface area contributed by atoms with Crippen LogP contribution in [0.25, 0.3) is 0 Å². The predicted molar refractivity (Wildman–Crippen MR) is 147 cm³/mol. The van der Waals surface area contributed by atoms with Gasteiger partial charge in [-0.05, 0) is 56.7 Å². The quantitative estimate of drug-likeness (QED) is 0.240. The summed E-state index contributed by atoms with van der Waals surface area (Å²) >= 11 is 0. The molecule has 3 N–H and O–H groups in total. The Labute approximate surface area is 232 Å². The van der Waals surface area contributed by atoms with Gasteiger partial charge in [-0.25, -0.2) is 24.1 Å². The fourth-order valence-corrected chi connectivity index (χ4v) is 4.51. The molecule has 4 heterocycles. The number of nitrogens with zero attached hydrogens (tertiary/aromatic N) is 6. The molecule has 0 unspecified atom stereocenters. The molecule has 0 fully saturated rings. The van der Waals surface area contributed by atoms with Crippen molar-refractivity contribution in [2.75, 3.05) is 43.4 Å².